The Morgan fingerprint density at radius 1 is 1.33 bits per heavy atom. The quantitative estimate of drug-likeness (QED) is 0.453. The van der Waals surface area contributed by atoms with Gasteiger partial charge in [-0.05, 0) is 17.2 Å². The third kappa shape index (κ3) is 4.70. The Kier molecular flexibility index (Phi) is 6.83. The number of benzene rings is 1. The van der Waals surface area contributed by atoms with Crippen molar-refractivity contribution in [2.24, 2.45) is 11.8 Å². The van der Waals surface area contributed by atoms with E-state index in [2.05, 4.69) is 19.3 Å². The summed E-state index contributed by atoms with van der Waals surface area (Å²) in [4.78, 5) is 11.8. The molecule has 2 unspecified atom stereocenters. The van der Waals surface area contributed by atoms with Crippen molar-refractivity contribution >= 4 is 17.7 Å². The summed E-state index contributed by atoms with van der Waals surface area (Å²) in [7, 11) is 0. The number of hydrazine groups is 1. The topological polar surface area (TPSA) is 55.1 Å². The molecular formula is C14H22N2OS. The van der Waals surface area contributed by atoms with Crippen LogP contribution >= 0.6 is 11.8 Å². The van der Waals surface area contributed by atoms with Gasteiger partial charge < -0.3 is 0 Å². The highest BCUT2D eigenvalue weighted by Crippen LogP contribution is 2.22. The van der Waals surface area contributed by atoms with E-state index in [4.69, 9.17) is 5.84 Å². The summed E-state index contributed by atoms with van der Waals surface area (Å²) >= 11 is 1.82. The summed E-state index contributed by atoms with van der Waals surface area (Å²) in [5, 5.41) is 0. The second-order valence-electron chi connectivity index (χ2n) is 4.52. The molecule has 3 N–H and O–H groups in total. The molecule has 0 aliphatic carbocycles. The van der Waals surface area contributed by atoms with Crippen LogP contribution in [0.25, 0.3) is 0 Å². The summed E-state index contributed by atoms with van der Waals surface area (Å²) < 4.78 is 0. The Morgan fingerprint density at radius 3 is 2.56 bits per heavy atom. The molecule has 100 valence electrons. The molecule has 0 aliphatic heterocycles. The largest absolute Gasteiger partial charge is 0.294 e. The summed E-state index contributed by atoms with van der Waals surface area (Å²) in [6.45, 7) is 4.42. The molecule has 0 saturated carbocycles. The molecule has 1 rings (SSSR count). The molecular weight excluding hydrogens is 244 g/mol. The van der Waals surface area contributed by atoms with Gasteiger partial charge in [0.25, 0.3) is 0 Å². The van der Waals surface area contributed by atoms with E-state index in [0.717, 1.165) is 17.1 Å². The molecule has 3 nitrogen and oxygen atoms in total. The monoisotopic (exact) mass is 266 g/mol. The van der Waals surface area contributed by atoms with Crippen LogP contribution in [0.3, 0.4) is 0 Å². The van der Waals surface area contributed by atoms with Crippen molar-refractivity contribution in [3.05, 3.63) is 35.9 Å². The highest BCUT2D eigenvalue weighted by atomic mass is 32.2. The lowest BCUT2D eigenvalue weighted by atomic mass is 10.0. The van der Waals surface area contributed by atoms with Gasteiger partial charge in [-0.25, -0.2) is 5.84 Å². The van der Waals surface area contributed by atoms with Gasteiger partial charge >= 0.3 is 0 Å². The first-order valence-electron chi connectivity index (χ1n) is 6.32. The van der Waals surface area contributed by atoms with Crippen LogP contribution in [0.2, 0.25) is 0 Å². The van der Waals surface area contributed by atoms with Crippen LogP contribution in [0.5, 0.6) is 0 Å². The average Bonchev–Trinajstić information content (AvgIpc) is 2.43. The van der Waals surface area contributed by atoms with Gasteiger partial charge in [-0.15, -0.1) is 0 Å². The zero-order chi connectivity index (χ0) is 13.4. The van der Waals surface area contributed by atoms with E-state index in [0.29, 0.717) is 5.92 Å². The first kappa shape index (κ1) is 15.1. The van der Waals surface area contributed by atoms with Crippen molar-refractivity contribution in [3.8, 4) is 0 Å². The number of amides is 1. The van der Waals surface area contributed by atoms with Crippen LogP contribution in [-0.4, -0.2) is 17.4 Å². The lowest BCUT2D eigenvalue weighted by Crippen LogP contribution is -2.35. The molecule has 18 heavy (non-hydrogen) atoms. The SMILES string of the molecule is CCC(C)CSCC(C(=O)NN)c1ccccc1. The third-order valence-electron chi connectivity index (χ3n) is 3.04. The normalized spacial score (nSPS) is 13.9. The van der Waals surface area contributed by atoms with Crippen molar-refractivity contribution in [3.63, 3.8) is 0 Å². The van der Waals surface area contributed by atoms with Gasteiger partial charge in [0.05, 0.1) is 5.92 Å². The highest BCUT2D eigenvalue weighted by molar-refractivity contribution is 7.99. The van der Waals surface area contributed by atoms with E-state index >= 15 is 0 Å². The molecule has 2 atom stereocenters. The van der Waals surface area contributed by atoms with Gasteiger partial charge in [0.15, 0.2) is 0 Å². The first-order valence-corrected chi connectivity index (χ1v) is 7.47. The lowest BCUT2D eigenvalue weighted by molar-refractivity contribution is -0.122. The molecule has 0 saturated heterocycles. The van der Waals surface area contributed by atoms with Crippen LogP contribution in [0.1, 0.15) is 31.7 Å². The number of hydrogen-bond donors (Lipinski definition) is 2. The van der Waals surface area contributed by atoms with E-state index in [1.54, 1.807) is 0 Å². The number of rotatable bonds is 7. The Labute approximate surface area is 113 Å². The van der Waals surface area contributed by atoms with Crippen LogP contribution in [0.15, 0.2) is 30.3 Å². The smallest absolute Gasteiger partial charge is 0.242 e. The van der Waals surface area contributed by atoms with Crippen LogP contribution in [0, 0.1) is 5.92 Å². The molecule has 0 aromatic heterocycles. The predicted octanol–water partition coefficient (Wildman–Crippen LogP) is 2.54. The average molecular weight is 266 g/mol. The van der Waals surface area contributed by atoms with E-state index in [1.165, 1.54) is 6.42 Å². The van der Waals surface area contributed by atoms with Crippen LogP contribution in [-0.2, 0) is 4.79 Å². The van der Waals surface area contributed by atoms with Crippen molar-refractivity contribution < 1.29 is 4.79 Å². The van der Waals surface area contributed by atoms with E-state index in [9.17, 15) is 4.79 Å². The molecule has 0 spiro atoms. The minimum Gasteiger partial charge on any atom is -0.294 e. The minimum atomic E-state index is -0.162. The van der Waals surface area contributed by atoms with Gasteiger partial charge in [-0.1, -0.05) is 50.6 Å². The maximum Gasteiger partial charge on any atom is 0.242 e. The molecule has 0 radical (unpaired) electrons. The number of hydrogen-bond acceptors (Lipinski definition) is 3. The minimum absolute atomic E-state index is 0.113. The molecule has 1 amide bonds. The van der Waals surface area contributed by atoms with Gasteiger partial charge in [-0.2, -0.15) is 11.8 Å². The Bertz CT molecular complexity index is 356. The second-order valence-corrected chi connectivity index (χ2v) is 5.60. The molecule has 1 aromatic carbocycles. The third-order valence-corrected chi connectivity index (χ3v) is 4.42. The van der Waals surface area contributed by atoms with Crippen LogP contribution < -0.4 is 11.3 Å². The fourth-order valence-electron chi connectivity index (χ4n) is 1.61. The zero-order valence-corrected chi connectivity index (χ0v) is 11.9. The number of thioether (sulfide) groups is 1. The number of carbonyl (C=O) groups is 1. The summed E-state index contributed by atoms with van der Waals surface area (Å²) in [6.07, 6.45) is 1.17. The summed E-state index contributed by atoms with van der Waals surface area (Å²) in [6, 6.07) is 9.80. The number of carbonyl (C=O) groups excluding carboxylic acids is 1. The van der Waals surface area contributed by atoms with Crippen molar-refractivity contribution in [1.29, 1.82) is 0 Å². The van der Waals surface area contributed by atoms with Crippen molar-refractivity contribution in [2.45, 2.75) is 26.2 Å². The van der Waals surface area contributed by atoms with Crippen molar-refractivity contribution in [2.75, 3.05) is 11.5 Å². The Hall–Kier alpha value is -1.00. The molecule has 0 aliphatic rings. The van der Waals surface area contributed by atoms with Crippen molar-refractivity contribution in [1.82, 2.24) is 5.43 Å². The standard InChI is InChI=1S/C14H22N2OS/c1-3-11(2)9-18-10-13(14(17)16-15)12-7-5-4-6-8-12/h4-8,11,13H,3,9-10,15H2,1-2H3,(H,16,17). The van der Waals surface area contributed by atoms with Gasteiger partial charge in [0, 0.05) is 5.75 Å². The molecule has 0 heterocycles. The summed E-state index contributed by atoms with van der Waals surface area (Å²) in [5.74, 6) is 7.53. The van der Waals surface area contributed by atoms with Gasteiger partial charge in [0.2, 0.25) is 5.91 Å². The molecule has 0 fully saturated rings. The highest BCUT2D eigenvalue weighted by Gasteiger charge is 2.19. The molecule has 1 aromatic rings. The maximum atomic E-state index is 11.8. The van der Waals surface area contributed by atoms with Crippen LogP contribution in [0.4, 0.5) is 0 Å². The number of nitrogens with two attached hydrogens (primary N) is 1. The number of nitrogens with one attached hydrogen (secondary N) is 1. The Balaban J connectivity index is 2.60. The van der Waals surface area contributed by atoms with E-state index in [-0.39, 0.29) is 11.8 Å². The molecule has 4 heteroatoms. The molecule has 0 bridgehead atoms. The zero-order valence-electron chi connectivity index (χ0n) is 11.1. The second kappa shape index (κ2) is 8.16. The fraction of sp³-hybridized carbons (Fsp3) is 0.500. The predicted molar refractivity (Wildman–Crippen MR) is 78.3 cm³/mol. The maximum absolute atomic E-state index is 11.8. The lowest BCUT2D eigenvalue weighted by Gasteiger charge is -2.16. The van der Waals surface area contributed by atoms with Gasteiger partial charge in [-0.3, -0.25) is 10.2 Å². The van der Waals surface area contributed by atoms with Gasteiger partial charge in [0.1, 0.15) is 0 Å². The van der Waals surface area contributed by atoms with E-state index < -0.39 is 0 Å². The summed E-state index contributed by atoms with van der Waals surface area (Å²) in [5.41, 5.74) is 3.29. The van der Waals surface area contributed by atoms with E-state index in [1.807, 2.05) is 42.1 Å². The Morgan fingerprint density at radius 2 is 2.00 bits per heavy atom. The fourth-order valence-corrected chi connectivity index (χ4v) is 2.97. The first-order chi connectivity index (χ1) is 8.69.